The molecule has 0 radical (unpaired) electrons. The Hall–Kier alpha value is -1.75. The molecule has 2 aliphatic rings. The van der Waals surface area contributed by atoms with Crippen molar-refractivity contribution in [1.82, 2.24) is 15.2 Å². The van der Waals surface area contributed by atoms with Crippen LogP contribution >= 0.6 is 0 Å². The first kappa shape index (κ1) is 16.7. The van der Waals surface area contributed by atoms with Crippen LogP contribution in [0.2, 0.25) is 0 Å². The van der Waals surface area contributed by atoms with E-state index in [0.29, 0.717) is 12.6 Å². The predicted molar refractivity (Wildman–Crippen MR) is 99.2 cm³/mol. The zero-order valence-electron chi connectivity index (χ0n) is 14.7. The van der Waals surface area contributed by atoms with E-state index in [0.717, 1.165) is 50.9 Å². The minimum absolute atomic E-state index is 0.502. The SMILES string of the molecule is OC1(CNC2CCN(Cc3cccnc3)CC2)CCc2ccccc21. The summed E-state index contributed by atoms with van der Waals surface area (Å²) in [6, 6.07) is 13.0. The van der Waals surface area contributed by atoms with Crippen molar-refractivity contribution in [2.45, 2.75) is 43.9 Å². The maximum absolute atomic E-state index is 11.0. The van der Waals surface area contributed by atoms with Crippen molar-refractivity contribution < 1.29 is 5.11 Å². The molecule has 1 atom stereocenters. The van der Waals surface area contributed by atoms with Crippen LogP contribution in [0.3, 0.4) is 0 Å². The summed E-state index contributed by atoms with van der Waals surface area (Å²) in [6.45, 7) is 3.85. The lowest BCUT2D eigenvalue weighted by Crippen LogP contribution is -2.46. The minimum Gasteiger partial charge on any atom is -0.384 e. The molecular formula is C21H27N3O. The predicted octanol–water partition coefficient (Wildman–Crippen LogP) is 2.47. The largest absolute Gasteiger partial charge is 0.384 e. The van der Waals surface area contributed by atoms with Crippen LogP contribution < -0.4 is 5.32 Å². The maximum Gasteiger partial charge on any atom is 0.103 e. The zero-order chi connectivity index (χ0) is 17.1. The number of rotatable bonds is 5. The average Bonchev–Trinajstić information content (AvgIpc) is 3.00. The number of hydrogen-bond donors (Lipinski definition) is 2. The molecule has 4 heteroatoms. The molecule has 2 aromatic rings. The van der Waals surface area contributed by atoms with Crippen LogP contribution in [0, 0.1) is 0 Å². The lowest BCUT2D eigenvalue weighted by molar-refractivity contribution is 0.0327. The summed E-state index contributed by atoms with van der Waals surface area (Å²) in [5.74, 6) is 0. The van der Waals surface area contributed by atoms with E-state index in [-0.39, 0.29) is 0 Å². The Labute approximate surface area is 149 Å². The number of hydrogen-bond acceptors (Lipinski definition) is 4. The highest BCUT2D eigenvalue weighted by Crippen LogP contribution is 2.36. The molecule has 0 spiro atoms. The van der Waals surface area contributed by atoms with Crippen LogP contribution in [0.15, 0.2) is 48.8 Å². The van der Waals surface area contributed by atoms with E-state index < -0.39 is 5.60 Å². The van der Waals surface area contributed by atoms with Gasteiger partial charge >= 0.3 is 0 Å². The van der Waals surface area contributed by atoms with Crippen LogP contribution in [0.1, 0.15) is 36.0 Å². The van der Waals surface area contributed by atoms with E-state index in [9.17, 15) is 5.11 Å². The second-order valence-corrected chi connectivity index (χ2v) is 7.48. The number of fused-ring (bicyclic) bond motifs is 1. The number of nitrogens with zero attached hydrogens (tertiary/aromatic N) is 2. The van der Waals surface area contributed by atoms with Crippen LogP contribution in [-0.2, 0) is 18.6 Å². The third-order valence-corrected chi connectivity index (χ3v) is 5.73. The fraction of sp³-hybridized carbons (Fsp3) is 0.476. The molecule has 4 nitrogen and oxygen atoms in total. The Morgan fingerprint density at radius 2 is 2.00 bits per heavy atom. The summed E-state index contributed by atoms with van der Waals surface area (Å²) in [5, 5.41) is 14.7. The number of aryl methyl sites for hydroxylation is 1. The minimum atomic E-state index is -0.691. The summed E-state index contributed by atoms with van der Waals surface area (Å²) in [6.07, 6.45) is 7.87. The summed E-state index contributed by atoms with van der Waals surface area (Å²) >= 11 is 0. The third-order valence-electron chi connectivity index (χ3n) is 5.73. The number of piperidine rings is 1. The van der Waals surface area contributed by atoms with Gasteiger partial charge in [0.1, 0.15) is 5.60 Å². The highest BCUT2D eigenvalue weighted by atomic mass is 16.3. The van der Waals surface area contributed by atoms with Crippen LogP contribution in [0.4, 0.5) is 0 Å². The van der Waals surface area contributed by atoms with Gasteiger partial charge in [0.05, 0.1) is 0 Å². The lowest BCUT2D eigenvalue weighted by Gasteiger charge is -2.34. The second-order valence-electron chi connectivity index (χ2n) is 7.48. The van der Waals surface area contributed by atoms with Crippen molar-refractivity contribution in [1.29, 1.82) is 0 Å². The van der Waals surface area contributed by atoms with Gasteiger partial charge in [0.15, 0.2) is 0 Å². The number of benzene rings is 1. The molecule has 1 aromatic heterocycles. The van der Waals surface area contributed by atoms with Gasteiger partial charge in [0.25, 0.3) is 0 Å². The maximum atomic E-state index is 11.0. The van der Waals surface area contributed by atoms with Crippen molar-refractivity contribution >= 4 is 0 Å². The molecule has 4 rings (SSSR count). The molecule has 1 unspecified atom stereocenters. The molecule has 25 heavy (non-hydrogen) atoms. The smallest absolute Gasteiger partial charge is 0.103 e. The third kappa shape index (κ3) is 3.76. The monoisotopic (exact) mass is 337 g/mol. The molecular weight excluding hydrogens is 310 g/mol. The summed E-state index contributed by atoms with van der Waals surface area (Å²) in [7, 11) is 0. The van der Waals surface area contributed by atoms with Crippen molar-refractivity contribution in [3.63, 3.8) is 0 Å². The molecule has 132 valence electrons. The molecule has 2 N–H and O–H groups in total. The molecule has 1 fully saturated rings. The Balaban J connectivity index is 1.27. The highest BCUT2D eigenvalue weighted by Gasteiger charge is 2.36. The highest BCUT2D eigenvalue weighted by molar-refractivity contribution is 5.37. The number of nitrogens with one attached hydrogen (secondary N) is 1. The Bertz CT molecular complexity index is 697. The normalized spacial score (nSPS) is 24.4. The van der Waals surface area contributed by atoms with Crippen LogP contribution in [0.5, 0.6) is 0 Å². The Morgan fingerprint density at radius 1 is 1.16 bits per heavy atom. The first-order valence-electron chi connectivity index (χ1n) is 9.38. The van der Waals surface area contributed by atoms with Crippen molar-refractivity contribution in [2.24, 2.45) is 0 Å². The van der Waals surface area contributed by atoms with E-state index in [1.54, 1.807) is 0 Å². The van der Waals surface area contributed by atoms with E-state index in [1.807, 2.05) is 24.5 Å². The summed E-state index contributed by atoms with van der Waals surface area (Å²) in [5.41, 5.74) is 3.02. The number of likely N-dealkylation sites (tertiary alicyclic amines) is 1. The molecule has 1 aromatic carbocycles. The standard InChI is InChI=1S/C21H27N3O/c25-21(10-7-18-5-1-2-6-20(18)21)16-23-19-8-12-24(13-9-19)15-17-4-3-11-22-14-17/h1-6,11,14,19,23,25H,7-10,12-13,15-16H2. The molecule has 1 saturated heterocycles. The van der Waals surface area contributed by atoms with Gasteiger partial charge in [-0.05, 0) is 61.5 Å². The summed E-state index contributed by atoms with van der Waals surface area (Å²) < 4.78 is 0. The van der Waals surface area contributed by atoms with Crippen molar-refractivity contribution in [2.75, 3.05) is 19.6 Å². The fourth-order valence-electron chi connectivity index (χ4n) is 4.21. The van der Waals surface area contributed by atoms with Gasteiger partial charge in [-0.15, -0.1) is 0 Å². The Morgan fingerprint density at radius 3 is 2.80 bits per heavy atom. The van der Waals surface area contributed by atoms with Gasteiger partial charge in [0, 0.05) is 31.5 Å². The average molecular weight is 337 g/mol. The van der Waals surface area contributed by atoms with Crippen molar-refractivity contribution in [3.8, 4) is 0 Å². The van der Waals surface area contributed by atoms with Gasteiger partial charge in [-0.2, -0.15) is 0 Å². The molecule has 0 amide bonds. The van der Waals surface area contributed by atoms with Crippen molar-refractivity contribution in [3.05, 3.63) is 65.5 Å². The molecule has 1 aliphatic heterocycles. The van der Waals surface area contributed by atoms with Gasteiger partial charge in [0.2, 0.25) is 0 Å². The first-order chi connectivity index (χ1) is 12.2. The van der Waals surface area contributed by atoms with E-state index in [4.69, 9.17) is 0 Å². The number of aliphatic hydroxyl groups is 1. The topological polar surface area (TPSA) is 48.4 Å². The van der Waals surface area contributed by atoms with Gasteiger partial charge in [-0.1, -0.05) is 30.3 Å². The van der Waals surface area contributed by atoms with E-state index in [2.05, 4.69) is 39.5 Å². The van der Waals surface area contributed by atoms with Gasteiger partial charge in [-0.3, -0.25) is 9.88 Å². The number of aromatic nitrogens is 1. The second kappa shape index (κ2) is 7.24. The fourth-order valence-corrected chi connectivity index (χ4v) is 4.21. The molecule has 2 heterocycles. The molecule has 1 aliphatic carbocycles. The molecule has 0 bridgehead atoms. The van der Waals surface area contributed by atoms with E-state index >= 15 is 0 Å². The quantitative estimate of drug-likeness (QED) is 0.880. The van der Waals surface area contributed by atoms with Gasteiger partial charge in [-0.25, -0.2) is 0 Å². The lowest BCUT2D eigenvalue weighted by atomic mass is 9.94. The van der Waals surface area contributed by atoms with E-state index in [1.165, 1.54) is 11.1 Å². The number of pyridine rings is 1. The zero-order valence-corrected chi connectivity index (χ0v) is 14.7. The summed E-state index contributed by atoms with van der Waals surface area (Å²) in [4.78, 5) is 6.69. The molecule has 0 saturated carbocycles. The first-order valence-corrected chi connectivity index (χ1v) is 9.38. The van der Waals surface area contributed by atoms with Gasteiger partial charge < -0.3 is 10.4 Å². The van der Waals surface area contributed by atoms with Crippen LogP contribution in [0.25, 0.3) is 0 Å². The van der Waals surface area contributed by atoms with Crippen LogP contribution in [-0.4, -0.2) is 40.7 Å². The Kier molecular flexibility index (Phi) is 4.84.